The summed E-state index contributed by atoms with van der Waals surface area (Å²) in [6.45, 7) is 2.52. The van der Waals surface area contributed by atoms with E-state index < -0.39 is 0 Å². The Morgan fingerprint density at radius 2 is 1.88 bits per heavy atom. The van der Waals surface area contributed by atoms with Gasteiger partial charge in [0, 0.05) is 30.0 Å². The van der Waals surface area contributed by atoms with Crippen molar-refractivity contribution in [1.82, 2.24) is 5.32 Å². The molecule has 7 rings (SSSR count). The molecule has 1 aliphatic heterocycles. The lowest BCUT2D eigenvalue weighted by atomic mass is 9.57. The van der Waals surface area contributed by atoms with Crippen molar-refractivity contribution in [3.63, 3.8) is 0 Å². The van der Waals surface area contributed by atoms with Gasteiger partial charge in [-0.1, -0.05) is 18.2 Å². The van der Waals surface area contributed by atoms with Crippen molar-refractivity contribution in [2.45, 2.75) is 24.8 Å². The summed E-state index contributed by atoms with van der Waals surface area (Å²) in [5, 5.41) is 3.96. The third-order valence-corrected chi connectivity index (χ3v) is 8.84. The van der Waals surface area contributed by atoms with Crippen LogP contribution in [0.3, 0.4) is 0 Å². The second-order valence-electron chi connectivity index (χ2n) is 9.06. The van der Waals surface area contributed by atoms with E-state index in [1.165, 1.54) is 12.0 Å². The Morgan fingerprint density at radius 3 is 2.72 bits per heavy atom. The van der Waals surface area contributed by atoms with Crippen molar-refractivity contribution in [3.05, 3.63) is 29.8 Å². The van der Waals surface area contributed by atoms with Gasteiger partial charge in [0.15, 0.2) is 5.79 Å². The molecule has 2 bridgehead atoms. The summed E-state index contributed by atoms with van der Waals surface area (Å²) in [5.74, 6) is 7.35. The quantitative estimate of drug-likeness (QED) is 0.914. The van der Waals surface area contributed by atoms with Crippen LogP contribution in [-0.4, -0.2) is 32.2 Å². The van der Waals surface area contributed by atoms with E-state index in [0.717, 1.165) is 61.0 Å². The van der Waals surface area contributed by atoms with E-state index in [0.29, 0.717) is 17.9 Å². The Hall–Kier alpha value is -1.10. The van der Waals surface area contributed by atoms with E-state index in [-0.39, 0.29) is 5.79 Å². The summed E-state index contributed by atoms with van der Waals surface area (Å²) in [6.07, 6.45) is 1.44. The maximum atomic E-state index is 6.34. The lowest BCUT2D eigenvalue weighted by Gasteiger charge is -2.54. The van der Waals surface area contributed by atoms with Crippen LogP contribution in [-0.2, 0) is 16.0 Å². The third-order valence-electron chi connectivity index (χ3n) is 8.84. The molecule has 132 valence electrons. The lowest BCUT2D eigenvalue weighted by Crippen LogP contribution is -2.62. The number of fused-ring (bicyclic) bond motifs is 4. The van der Waals surface area contributed by atoms with Crippen molar-refractivity contribution in [2.24, 2.45) is 47.3 Å². The summed E-state index contributed by atoms with van der Waals surface area (Å²) in [7, 11) is 1.76. The van der Waals surface area contributed by atoms with Gasteiger partial charge in [-0.3, -0.25) is 0 Å². The SMILES string of the molecule is COc1ccccc1CN[C@@H]1[C@H]2[C@H]3[C@@H]4C[C@@H]5[C@H]3[C@H]2C2(OCCO2)[C@@H]5[C@@H]41. The normalized spacial score (nSPS) is 51.6. The number of ether oxygens (including phenoxy) is 3. The fourth-order valence-corrected chi connectivity index (χ4v) is 8.66. The van der Waals surface area contributed by atoms with Crippen LogP contribution >= 0.6 is 0 Å². The molecular weight excluding hydrogens is 314 g/mol. The molecule has 4 heteroatoms. The Bertz CT molecular complexity index is 744. The highest BCUT2D eigenvalue weighted by Crippen LogP contribution is 2.86. The molecule has 6 aliphatic rings. The smallest absolute Gasteiger partial charge is 0.175 e. The van der Waals surface area contributed by atoms with E-state index in [1.807, 2.05) is 6.07 Å². The average molecular weight is 339 g/mol. The zero-order chi connectivity index (χ0) is 16.3. The van der Waals surface area contributed by atoms with Gasteiger partial charge < -0.3 is 19.5 Å². The maximum Gasteiger partial charge on any atom is 0.175 e. The predicted molar refractivity (Wildman–Crippen MR) is 90.8 cm³/mol. The lowest BCUT2D eigenvalue weighted by molar-refractivity contribution is -0.264. The van der Waals surface area contributed by atoms with Crippen LogP contribution in [0.25, 0.3) is 0 Å². The molecular formula is C21H25NO3. The van der Waals surface area contributed by atoms with Gasteiger partial charge in [0.05, 0.1) is 20.3 Å². The van der Waals surface area contributed by atoms with E-state index in [2.05, 4.69) is 23.5 Å². The van der Waals surface area contributed by atoms with Gasteiger partial charge in [-0.05, 0) is 48.0 Å². The van der Waals surface area contributed by atoms with Gasteiger partial charge in [-0.15, -0.1) is 0 Å². The van der Waals surface area contributed by atoms with E-state index in [4.69, 9.17) is 14.2 Å². The van der Waals surface area contributed by atoms with Crippen molar-refractivity contribution >= 4 is 0 Å². The van der Waals surface area contributed by atoms with Gasteiger partial charge in [0.2, 0.25) is 0 Å². The molecule has 0 amide bonds. The molecule has 0 unspecified atom stereocenters. The number of methoxy groups -OCH3 is 1. The highest BCUT2D eigenvalue weighted by molar-refractivity contribution is 5.36. The van der Waals surface area contributed by atoms with Gasteiger partial charge in [0.1, 0.15) is 5.75 Å². The summed E-state index contributed by atoms with van der Waals surface area (Å²) < 4.78 is 18.2. The number of nitrogens with one attached hydrogen (secondary N) is 1. The fraction of sp³-hybridized carbons (Fsp3) is 0.714. The van der Waals surface area contributed by atoms with E-state index in [9.17, 15) is 0 Å². The van der Waals surface area contributed by atoms with Crippen molar-refractivity contribution in [2.75, 3.05) is 20.3 Å². The van der Waals surface area contributed by atoms with Crippen molar-refractivity contribution in [1.29, 1.82) is 0 Å². The van der Waals surface area contributed by atoms with Gasteiger partial charge in [-0.2, -0.15) is 0 Å². The zero-order valence-electron chi connectivity index (χ0n) is 14.6. The molecule has 0 radical (unpaired) electrons. The van der Waals surface area contributed by atoms with Crippen LogP contribution in [0, 0.1) is 47.3 Å². The van der Waals surface area contributed by atoms with Gasteiger partial charge in [0.25, 0.3) is 0 Å². The summed E-state index contributed by atoms with van der Waals surface area (Å²) in [5.41, 5.74) is 1.27. The molecule has 5 aliphatic carbocycles. The van der Waals surface area contributed by atoms with Gasteiger partial charge >= 0.3 is 0 Å². The van der Waals surface area contributed by atoms with Crippen LogP contribution in [0.2, 0.25) is 0 Å². The molecule has 1 heterocycles. The van der Waals surface area contributed by atoms with Crippen LogP contribution in [0.5, 0.6) is 5.75 Å². The highest BCUT2D eigenvalue weighted by atomic mass is 16.7. The standard InChI is InChI=1S/C21H25NO3/c1-23-13-5-3-2-4-10(13)9-22-20-16-11-8-12-15-14(11)17(20)19(15)21(18(12)16)24-6-7-25-21/h2-5,11-12,14-20,22H,6-9H2,1H3/t11-,12+,14-,15+,16+,17-,18-,19+,20-/m0/s1. The number of hydrogen-bond acceptors (Lipinski definition) is 4. The first kappa shape index (κ1) is 14.0. The Kier molecular flexibility index (Phi) is 2.47. The molecule has 6 fully saturated rings. The minimum absolute atomic E-state index is 0.185. The average Bonchev–Trinajstić information content (AvgIpc) is 3.31. The fourth-order valence-electron chi connectivity index (χ4n) is 8.66. The minimum atomic E-state index is -0.185. The monoisotopic (exact) mass is 339 g/mol. The summed E-state index contributed by atoms with van der Waals surface area (Å²) >= 11 is 0. The number of rotatable bonds is 4. The zero-order valence-corrected chi connectivity index (χ0v) is 14.6. The number of benzene rings is 1. The van der Waals surface area contributed by atoms with Gasteiger partial charge in [-0.25, -0.2) is 0 Å². The molecule has 9 atom stereocenters. The Balaban J connectivity index is 1.21. The largest absolute Gasteiger partial charge is 0.496 e. The summed E-state index contributed by atoms with van der Waals surface area (Å²) in [6, 6.07) is 9.05. The molecule has 4 nitrogen and oxygen atoms in total. The molecule has 1 N–H and O–H groups in total. The molecule has 1 aromatic carbocycles. The first-order chi connectivity index (χ1) is 12.3. The summed E-state index contributed by atoms with van der Waals surface area (Å²) in [4.78, 5) is 0. The Labute approximate surface area is 148 Å². The Morgan fingerprint density at radius 1 is 1.04 bits per heavy atom. The topological polar surface area (TPSA) is 39.7 Å². The maximum absolute atomic E-state index is 6.34. The highest BCUT2D eigenvalue weighted by Gasteiger charge is 2.88. The van der Waals surface area contributed by atoms with Crippen LogP contribution in [0.1, 0.15) is 12.0 Å². The molecule has 1 spiro atoms. The van der Waals surface area contributed by atoms with Crippen LogP contribution < -0.4 is 10.1 Å². The van der Waals surface area contributed by atoms with E-state index >= 15 is 0 Å². The molecule has 0 aromatic heterocycles. The van der Waals surface area contributed by atoms with Crippen molar-refractivity contribution in [3.8, 4) is 5.75 Å². The number of hydrogen-bond donors (Lipinski definition) is 1. The molecule has 5 saturated carbocycles. The van der Waals surface area contributed by atoms with Crippen LogP contribution in [0.15, 0.2) is 24.3 Å². The first-order valence-electron chi connectivity index (χ1n) is 9.98. The number of para-hydroxylation sites is 1. The molecule has 25 heavy (non-hydrogen) atoms. The second kappa shape index (κ2) is 4.41. The van der Waals surface area contributed by atoms with Crippen LogP contribution in [0.4, 0.5) is 0 Å². The minimum Gasteiger partial charge on any atom is -0.496 e. The third kappa shape index (κ3) is 1.36. The predicted octanol–water partition coefficient (Wildman–Crippen LogP) is 2.28. The molecule has 1 aromatic rings. The molecule has 1 saturated heterocycles. The second-order valence-corrected chi connectivity index (χ2v) is 9.06. The van der Waals surface area contributed by atoms with Crippen molar-refractivity contribution < 1.29 is 14.2 Å². The first-order valence-corrected chi connectivity index (χ1v) is 9.98. The van der Waals surface area contributed by atoms with E-state index in [1.54, 1.807) is 7.11 Å².